The van der Waals surface area contributed by atoms with Gasteiger partial charge in [0.05, 0.1) is 24.4 Å². The number of hydrogen-bond donors (Lipinski definition) is 2. The van der Waals surface area contributed by atoms with E-state index >= 15 is 0 Å². The van der Waals surface area contributed by atoms with Gasteiger partial charge in [-0.2, -0.15) is 0 Å². The minimum atomic E-state index is -0.338. The molecule has 0 bridgehead atoms. The Bertz CT molecular complexity index is 903. The molecule has 0 unspecified atom stereocenters. The molecule has 3 rings (SSSR count). The van der Waals surface area contributed by atoms with Crippen LogP contribution in [0.25, 0.3) is 5.65 Å². The zero-order valence-electron chi connectivity index (χ0n) is 15.1. The van der Waals surface area contributed by atoms with Gasteiger partial charge in [0.15, 0.2) is 0 Å². The highest BCUT2D eigenvalue weighted by molar-refractivity contribution is 5.98. The zero-order chi connectivity index (χ0) is 19.1. The topological polar surface area (TPSA) is 84.7 Å². The number of hydrogen-bond acceptors (Lipinski definition) is 4. The van der Waals surface area contributed by atoms with Crippen molar-refractivity contribution in [3.63, 3.8) is 0 Å². The SMILES string of the molecule is CCOc1ccccc1C(=O)NCC(=O)NCCc1cn2ccccc2n1. The van der Waals surface area contributed by atoms with Crippen LogP contribution in [0.5, 0.6) is 5.75 Å². The number of carbonyl (C=O) groups is 2. The molecule has 3 aromatic rings. The predicted octanol–water partition coefficient (Wildman–Crippen LogP) is 1.82. The second kappa shape index (κ2) is 8.84. The first-order chi connectivity index (χ1) is 13.2. The van der Waals surface area contributed by atoms with E-state index in [1.54, 1.807) is 24.3 Å². The lowest BCUT2D eigenvalue weighted by atomic mass is 10.2. The van der Waals surface area contributed by atoms with Crippen LogP contribution in [0.4, 0.5) is 0 Å². The molecule has 1 aromatic carbocycles. The third kappa shape index (κ3) is 4.84. The van der Waals surface area contributed by atoms with E-state index in [0.717, 1.165) is 11.3 Å². The fourth-order valence-corrected chi connectivity index (χ4v) is 2.69. The van der Waals surface area contributed by atoms with Crippen molar-refractivity contribution in [2.75, 3.05) is 19.7 Å². The summed E-state index contributed by atoms with van der Waals surface area (Å²) in [7, 11) is 0. The summed E-state index contributed by atoms with van der Waals surface area (Å²) in [5.41, 5.74) is 2.19. The largest absolute Gasteiger partial charge is 0.493 e. The van der Waals surface area contributed by atoms with Crippen LogP contribution in [0.15, 0.2) is 54.9 Å². The molecule has 0 aliphatic heterocycles. The van der Waals surface area contributed by atoms with Gasteiger partial charge in [-0.3, -0.25) is 9.59 Å². The quantitative estimate of drug-likeness (QED) is 0.637. The van der Waals surface area contributed by atoms with Crippen LogP contribution in [-0.2, 0) is 11.2 Å². The van der Waals surface area contributed by atoms with Gasteiger partial charge in [0.25, 0.3) is 5.91 Å². The number of nitrogens with one attached hydrogen (secondary N) is 2. The molecule has 0 radical (unpaired) electrons. The Morgan fingerprint density at radius 2 is 1.93 bits per heavy atom. The number of ether oxygens (including phenoxy) is 1. The fourth-order valence-electron chi connectivity index (χ4n) is 2.69. The summed E-state index contributed by atoms with van der Waals surface area (Å²) in [5, 5.41) is 5.40. The third-order valence-electron chi connectivity index (χ3n) is 3.96. The van der Waals surface area contributed by atoms with Gasteiger partial charge in [0.1, 0.15) is 11.4 Å². The summed E-state index contributed by atoms with van der Waals surface area (Å²) in [4.78, 5) is 28.7. The number of imidazole rings is 1. The Labute approximate surface area is 157 Å². The summed E-state index contributed by atoms with van der Waals surface area (Å²) in [6.45, 7) is 2.68. The number of pyridine rings is 1. The Hall–Kier alpha value is -3.35. The first kappa shape index (κ1) is 18.4. The molecule has 7 heteroatoms. The monoisotopic (exact) mass is 366 g/mol. The molecular weight excluding hydrogens is 344 g/mol. The lowest BCUT2D eigenvalue weighted by Crippen LogP contribution is -2.37. The van der Waals surface area contributed by atoms with Gasteiger partial charge >= 0.3 is 0 Å². The van der Waals surface area contributed by atoms with Crippen molar-refractivity contribution in [2.24, 2.45) is 0 Å². The van der Waals surface area contributed by atoms with Crippen LogP contribution in [0.3, 0.4) is 0 Å². The van der Waals surface area contributed by atoms with Crippen LogP contribution in [-0.4, -0.2) is 40.9 Å². The van der Waals surface area contributed by atoms with Gasteiger partial charge in [-0.15, -0.1) is 0 Å². The molecule has 2 aromatic heterocycles. The molecule has 27 heavy (non-hydrogen) atoms. The van der Waals surface area contributed by atoms with Crippen LogP contribution in [0.2, 0.25) is 0 Å². The molecule has 0 atom stereocenters. The highest BCUT2D eigenvalue weighted by Crippen LogP contribution is 2.17. The van der Waals surface area contributed by atoms with Crippen molar-refractivity contribution >= 4 is 17.5 Å². The Morgan fingerprint density at radius 1 is 1.11 bits per heavy atom. The molecule has 0 saturated carbocycles. The van der Waals surface area contributed by atoms with E-state index in [1.165, 1.54) is 0 Å². The van der Waals surface area contributed by atoms with E-state index in [0.29, 0.717) is 30.9 Å². The molecular formula is C20H22N4O3. The number of nitrogens with zero attached hydrogens (tertiary/aromatic N) is 2. The molecule has 2 N–H and O–H groups in total. The van der Waals surface area contributed by atoms with Crippen LogP contribution >= 0.6 is 0 Å². The van der Waals surface area contributed by atoms with Crippen molar-refractivity contribution in [2.45, 2.75) is 13.3 Å². The second-order valence-electron chi connectivity index (χ2n) is 5.91. The minimum Gasteiger partial charge on any atom is -0.493 e. The summed E-state index contributed by atoms with van der Waals surface area (Å²) in [5.74, 6) is -0.0830. The summed E-state index contributed by atoms with van der Waals surface area (Å²) >= 11 is 0. The maximum Gasteiger partial charge on any atom is 0.255 e. The van der Waals surface area contributed by atoms with Gasteiger partial charge in [0.2, 0.25) is 5.91 Å². The van der Waals surface area contributed by atoms with Crippen molar-refractivity contribution in [1.82, 2.24) is 20.0 Å². The predicted molar refractivity (Wildman–Crippen MR) is 102 cm³/mol. The maximum atomic E-state index is 12.3. The van der Waals surface area contributed by atoms with E-state index in [1.807, 2.05) is 41.9 Å². The molecule has 0 saturated heterocycles. The fraction of sp³-hybridized carbons (Fsp3) is 0.250. The summed E-state index contributed by atoms with van der Waals surface area (Å²) in [6.07, 6.45) is 4.49. The van der Waals surface area contributed by atoms with E-state index in [9.17, 15) is 9.59 Å². The van der Waals surface area contributed by atoms with Crippen LogP contribution in [0.1, 0.15) is 23.0 Å². The summed E-state index contributed by atoms with van der Waals surface area (Å²) < 4.78 is 7.37. The Morgan fingerprint density at radius 3 is 2.74 bits per heavy atom. The Balaban J connectivity index is 1.45. The maximum absolute atomic E-state index is 12.3. The minimum absolute atomic E-state index is 0.0928. The van der Waals surface area contributed by atoms with Gasteiger partial charge in [-0.25, -0.2) is 4.98 Å². The van der Waals surface area contributed by atoms with Gasteiger partial charge in [0, 0.05) is 25.4 Å². The van der Waals surface area contributed by atoms with Crippen LogP contribution in [0, 0.1) is 0 Å². The molecule has 7 nitrogen and oxygen atoms in total. The highest BCUT2D eigenvalue weighted by Gasteiger charge is 2.13. The van der Waals surface area contributed by atoms with Crippen molar-refractivity contribution in [3.8, 4) is 5.75 Å². The number of para-hydroxylation sites is 1. The number of carbonyl (C=O) groups excluding carboxylic acids is 2. The molecule has 0 spiro atoms. The molecule has 0 aliphatic rings. The molecule has 0 fully saturated rings. The smallest absolute Gasteiger partial charge is 0.255 e. The van der Waals surface area contributed by atoms with Gasteiger partial charge < -0.3 is 19.8 Å². The zero-order valence-corrected chi connectivity index (χ0v) is 15.1. The van der Waals surface area contributed by atoms with Crippen molar-refractivity contribution in [3.05, 3.63) is 66.1 Å². The van der Waals surface area contributed by atoms with E-state index in [4.69, 9.17) is 4.74 Å². The van der Waals surface area contributed by atoms with Crippen molar-refractivity contribution < 1.29 is 14.3 Å². The molecule has 140 valence electrons. The lowest BCUT2D eigenvalue weighted by molar-refractivity contribution is -0.120. The number of fused-ring (bicyclic) bond motifs is 1. The number of benzene rings is 1. The summed E-state index contributed by atoms with van der Waals surface area (Å²) in [6, 6.07) is 12.7. The standard InChI is InChI=1S/C20H22N4O3/c1-2-27-17-8-4-3-7-16(17)20(26)22-13-19(25)21-11-10-15-14-24-12-6-5-9-18(24)23-15/h3-9,12,14H,2,10-11,13H2,1H3,(H,21,25)(H,22,26). The third-order valence-corrected chi connectivity index (χ3v) is 3.96. The number of rotatable bonds is 8. The second-order valence-corrected chi connectivity index (χ2v) is 5.91. The first-order valence-electron chi connectivity index (χ1n) is 8.86. The normalized spacial score (nSPS) is 10.6. The molecule has 2 heterocycles. The first-order valence-corrected chi connectivity index (χ1v) is 8.86. The van der Waals surface area contributed by atoms with Gasteiger partial charge in [-0.05, 0) is 31.2 Å². The molecule has 0 aliphatic carbocycles. The number of aromatic nitrogens is 2. The van der Waals surface area contributed by atoms with Crippen molar-refractivity contribution in [1.29, 1.82) is 0 Å². The van der Waals surface area contributed by atoms with E-state index in [-0.39, 0.29) is 18.4 Å². The lowest BCUT2D eigenvalue weighted by Gasteiger charge is -2.10. The van der Waals surface area contributed by atoms with E-state index in [2.05, 4.69) is 15.6 Å². The highest BCUT2D eigenvalue weighted by atomic mass is 16.5. The average Bonchev–Trinajstić information content (AvgIpc) is 3.09. The van der Waals surface area contributed by atoms with Crippen LogP contribution < -0.4 is 15.4 Å². The number of amides is 2. The Kier molecular flexibility index (Phi) is 6.04. The molecule has 2 amide bonds. The van der Waals surface area contributed by atoms with E-state index < -0.39 is 0 Å². The average molecular weight is 366 g/mol. The van der Waals surface area contributed by atoms with Gasteiger partial charge in [-0.1, -0.05) is 18.2 Å².